The van der Waals surface area contributed by atoms with E-state index in [1.165, 1.54) is 10.1 Å². The van der Waals surface area contributed by atoms with Gasteiger partial charge >= 0.3 is 0 Å². The third kappa shape index (κ3) is 2.97. The van der Waals surface area contributed by atoms with Gasteiger partial charge in [-0.3, -0.25) is 14.8 Å². The summed E-state index contributed by atoms with van der Waals surface area (Å²) in [5, 5.41) is 3.78. The molecule has 5 nitrogen and oxygen atoms in total. The van der Waals surface area contributed by atoms with E-state index in [2.05, 4.69) is 27.1 Å². The second-order valence-electron chi connectivity index (χ2n) is 6.49. The van der Waals surface area contributed by atoms with Crippen molar-refractivity contribution in [1.82, 2.24) is 19.5 Å². The van der Waals surface area contributed by atoms with Gasteiger partial charge in [0.05, 0.1) is 5.69 Å². The Bertz CT molecular complexity index is 946. The number of H-pyrrole nitrogens is 1. The number of aromatic amines is 1. The molecule has 0 radical (unpaired) electrons. The maximum Gasteiger partial charge on any atom is 0.272 e. The van der Waals surface area contributed by atoms with Crippen LogP contribution in [0.3, 0.4) is 0 Å². The number of hydrogen-bond donors (Lipinski definition) is 1. The molecule has 0 saturated carbocycles. The van der Waals surface area contributed by atoms with Gasteiger partial charge in [-0.05, 0) is 43.5 Å². The molecule has 2 aromatic heterocycles. The highest BCUT2D eigenvalue weighted by atomic mass is 35.5. The molecule has 1 aromatic carbocycles. The van der Waals surface area contributed by atoms with Crippen LogP contribution in [0, 0.1) is 6.92 Å². The molecule has 3 aromatic rings. The van der Waals surface area contributed by atoms with E-state index in [4.69, 9.17) is 11.6 Å². The Hall–Kier alpha value is -2.11. The number of benzene rings is 1. The Labute approximate surface area is 144 Å². The van der Waals surface area contributed by atoms with Gasteiger partial charge in [0.2, 0.25) is 0 Å². The summed E-state index contributed by atoms with van der Waals surface area (Å²) >= 11 is 6.10. The highest BCUT2D eigenvalue weighted by Crippen LogP contribution is 2.29. The van der Waals surface area contributed by atoms with Gasteiger partial charge in [-0.25, -0.2) is 9.50 Å². The number of aromatic nitrogens is 3. The molecule has 1 N–H and O–H groups in total. The largest absolute Gasteiger partial charge is 0.297 e. The van der Waals surface area contributed by atoms with Crippen LogP contribution in [0.5, 0.6) is 0 Å². The van der Waals surface area contributed by atoms with Crippen molar-refractivity contribution in [2.75, 3.05) is 13.1 Å². The quantitative estimate of drug-likeness (QED) is 0.796. The molecule has 0 aliphatic carbocycles. The lowest BCUT2D eigenvalue weighted by Gasteiger charge is -2.15. The van der Waals surface area contributed by atoms with Crippen LogP contribution in [0.4, 0.5) is 0 Å². The summed E-state index contributed by atoms with van der Waals surface area (Å²) in [6, 6.07) is 11.6. The summed E-state index contributed by atoms with van der Waals surface area (Å²) in [7, 11) is 0. The Morgan fingerprint density at radius 3 is 3.04 bits per heavy atom. The van der Waals surface area contributed by atoms with Crippen LogP contribution in [0.1, 0.15) is 29.3 Å². The number of likely N-dealkylation sites (tertiary alicyclic amines) is 1. The fourth-order valence-electron chi connectivity index (χ4n) is 3.48. The fraction of sp³-hybridized carbons (Fsp3) is 0.333. The van der Waals surface area contributed by atoms with E-state index < -0.39 is 0 Å². The zero-order valence-corrected chi connectivity index (χ0v) is 14.3. The summed E-state index contributed by atoms with van der Waals surface area (Å²) in [5.74, 6) is 0.489. The van der Waals surface area contributed by atoms with Crippen molar-refractivity contribution in [3.63, 3.8) is 0 Å². The van der Waals surface area contributed by atoms with E-state index >= 15 is 0 Å². The number of aryl methyl sites for hydroxylation is 1. The number of fused-ring (bicyclic) bond motifs is 1. The van der Waals surface area contributed by atoms with Crippen LogP contribution in [-0.2, 0) is 6.54 Å². The average molecular weight is 343 g/mol. The second-order valence-corrected chi connectivity index (χ2v) is 6.93. The number of halogens is 1. The maximum absolute atomic E-state index is 12.2. The summed E-state index contributed by atoms with van der Waals surface area (Å²) in [6.45, 7) is 4.59. The van der Waals surface area contributed by atoms with Crippen molar-refractivity contribution < 1.29 is 0 Å². The van der Waals surface area contributed by atoms with Crippen LogP contribution in [-0.4, -0.2) is 32.6 Å². The standard InChI is InChI=1S/C18H19ClN4O/c1-12-7-17-20-16(9-18(24)23(17)21-12)11-22-6-5-14(10-22)13-3-2-4-15(19)8-13/h2-4,7-9,14,21H,5-6,10-11H2,1H3. The lowest BCUT2D eigenvalue weighted by Crippen LogP contribution is -2.23. The van der Waals surface area contributed by atoms with Gasteiger partial charge in [-0.2, -0.15) is 0 Å². The summed E-state index contributed by atoms with van der Waals surface area (Å²) < 4.78 is 1.48. The van der Waals surface area contributed by atoms with Crippen molar-refractivity contribution in [2.45, 2.75) is 25.8 Å². The molecule has 4 rings (SSSR count). The van der Waals surface area contributed by atoms with Gasteiger partial charge < -0.3 is 0 Å². The molecule has 0 spiro atoms. The Morgan fingerprint density at radius 1 is 1.33 bits per heavy atom. The van der Waals surface area contributed by atoms with Crippen molar-refractivity contribution in [2.24, 2.45) is 0 Å². The van der Waals surface area contributed by atoms with E-state index in [9.17, 15) is 4.79 Å². The third-order valence-electron chi connectivity index (χ3n) is 4.61. The molecular formula is C18H19ClN4O. The van der Waals surface area contributed by atoms with E-state index in [1.54, 1.807) is 6.07 Å². The zero-order valence-electron chi connectivity index (χ0n) is 13.5. The molecule has 24 heavy (non-hydrogen) atoms. The molecule has 1 atom stereocenters. The minimum Gasteiger partial charge on any atom is -0.297 e. The SMILES string of the molecule is Cc1cc2nc(CN3CCC(c4cccc(Cl)c4)C3)cc(=O)n2[nH]1. The molecule has 1 fully saturated rings. The fourth-order valence-corrected chi connectivity index (χ4v) is 3.68. The molecule has 0 amide bonds. The van der Waals surface area contributed by atoms with Gasteiger partial charge in [0.15, 0.2) is 5.65 Å². The normalized spacial score (nSPS) is 18.5. The smallest absolute Gasteiger partial charge is 0.272 e. The van der Waals surface area contributed by atoms with E-state index in [-0.39, 0.29) is 5.56 Å². The van der Waals surface area contributed by atoms with Crippen LogP contribution in [0.2, 0.25) is 5.02 Å². The first-order valence-corrected chi connectivity index (χ1v) is 8.52. The Balaban J connectivity index is 1.51. The first-order valence-electron chi connectivity index (χ1n) is 8.14. The molecule has 124 valence electrons. The molecule has 0 bridgehead atoms. The first kappa shape index (κ1) is 15.4. The topological polar surface area (TPSA) is 53.4 Å². The van der Waals surface area contributed by atoms with Gasteiger partial charge in [0.25, 0.3) is 5.56 Å². The third-order valence-corrected chi connectivity index (χ3v) is 4.84. The maximum atomic E-state index is 12.2. The molecule has 3 heterocycles. The number of rotatable bonds is 3. The van der Waals surface area contributed by atoms with Gasteiger partial charge in [0, 0.05) is 35.9 Å². The van der Waals surface area contributed by atoms with Crippen LogP contribution in [0.25, 0.3) is 5.65 Å². The summed E-state index contributed by atoms with van der Waals surface area (Å²) in [5.41, 5.74) is 3.66. The minimum absolute atomic E-state index is 0.0614. The zero-order chi connectivity index (χ0) is 16.7. The average Bonchev–Trinajstić information content (AvgIpc) is 3.14. The number of hydrogen-bond acceptors (Lipinski definition) is 3. The predicted molar refractivity (Wildman–Crippen MR) is 94.6 cm³/mol. The predicted octanol–water partition coefficient (Wildman–Crippen LogP) is 2.97. The highest BCUT2D eigenvalue weighted by molar-refractivity contribution is 6.30. The van der Waals surface area contributed by atoms with E-state index in [0.29, 0.717) is 18.1 Å². The van der Waals surface area contributed by atoms with E-state index in [0.717, 1.165) is 35.9 Å². The minimum atomic E-state index is -0.0614. The first-order chi connectivity index (χ1) is 11.6. The van der Waals surface area contributed by atoms with E-state index in [1.807, 2.05) is 25.1 Å². The molecule has 1 unspecified atom stereocenters. The highest BCUT2D eigenvalue weighted by Gasteiger charge is 2.24. The van der Waals surface area contributed by atoms with Crippen LogP contribution >= 0.6 is 11.6 Å². The van der Waals surface area contributed by atoms with Gasteiger partial charge in [0.1, 0.15) is 0 Å². The number of nitrogens with zero attached hydrogens (tertiary/aromatic N) is 3. The van der Waals surface area contributed by atoms with Crippen molar-refractivity contribution in [3.8, 4) is 0 Å². The molecule has 6 heteroatoms. The molecule has 1 aliphatic rings. The van der Waals surface area contributed by atoms with Crippen LogP contribution < -0.4 is 5.56 Å². The molecule has 1 saturated heterocycles. The van der Waals surface area contributed by atoms with Gasteiger partial charge in [-0.15, -0.1) is 0 Å². The monoisotopic (exact) mass is 342 g/mol. The summed E-state index contributed by atoms with van der Waals surface area (Å²) in [4.78, 5) is 19.1. The number of nitrogens with one attached hydrogen (secondary N) is 1. The summed E-state index contributed by atoms with van der Waals surface area (Å²) in [6.07, 6.45) is 1.10. The molecular weight excluding hydrogens is 324 g/mol. The van der Waals surface area contributed by atoms with Crippen molar-refractivity contribution in [3.05, 3.63) is 68.7 Å². The Morgan fingerprint density at radius 2 is 2.21 bits per heavy atom. The molecule has 1 aliphatic heterocycles. The lowest BCUT2D eigenvalue weighted by molar-refractivity contribution is 0.322. The Kier molecular flexibility index (Phi) is 3.90. The van der Waals surface area contributed by atoms with Crippen molar-refractivity contribution >= 4 is 17.2 Å². The van der Waals surface area contributed by atoms with Gasteiger partial charge in [-0.1, -0.05) is 23.7 Å². The second kappa shape index (κ2) is 6.07. The van der Waals surface area contributed by atoms with Crippen molar-refractivity contribution in [1.29, 1.82) is 0 Å². The van der Waals surface area contributed by atoms with Crippen LogP contribution in [0.15, 0.2) is 41.2 Å². The lowest BCUT2D eigenvalue weighted by atomic mass is 9.99.